The molecule has 3 aromatic rings. The molecule has 164 valence electrons. The normalized spacial score (nSPS) is 11.5. The summed E-state index contributed by atoms with van der Waals surface area (Å²) in [4.78, 5) is 30.7. The lowest BCUT2D eigenvalue weighted by atomic mass is 10.1. The van der Waals surface area contributed by atoms with Gasteiger partial charge in [0.15, 0.2) is 0 Å². The summed E-state index contributed by atoms with van der Waals surface area (Å²) in [5.41, 5.74) is -0.312. The van der Waals surface area contributed by atoms with E-state index < -0.39 is 17.6 Å². The first-order valence-corrected chi connectivity index (χ1v) is 10.7. The Morgan fingerprint density at radius 3 is 2.52 bits per heavy atom. The number of nitrogens with zero attached hydrogens (tertiary/aromatic N) is 2. The predicted molar refractivity (Wildman–Crippen MR) is 115 cm³/mol. The summed E-state index contributed by atoms with van der Waals surface area (Å²) >= 11 is 1.59. The van der Waals surface area contributed by atoms with Gasteiger partial charge in [-0.3, -0.25) is 9.59 Å². The lowest BCUT2D eigenvalue weighted by Crippen LogP contribution is -2.38. The van der Waals surface area contributed by atoms with Crippen molar-refractivity contribution in [3.05, 3.63) is 59.1 Å². The van der Waals surface area contributed by atoms with E-state index in [9.17, 15) is 22.8 Å². The molecule has 0 aliphatic rings. The van der Waals surface area contributed by atoms with E-state index in [0.717, 1.165) is 21.3 Å². The molecule has 0 spiro atoms. The van der Waals surface area contributed by atoms with Gasteiger partial charge in [-0.2, -0.15) is 13.2 Å². The number of thiazole rings is 1. The van der Waals surface area contributed by atoms with Crippen molar-refractivity contribution in [2.24, 2.45) is 0 Å². The summed E-state index contributed by atoms with van der Waals surface area (Å²) in [6.07, 6.45) is -3.12. The van der Waals surface area contributed by atoms with Crippen LogP contribution >= 0.6 is 11.3 Å². The molecule has 31 heavy (non-hydrogen) atoms. The Morgan fingerprint density at radius 1 is 1.10 bits per heavy atom. The molecule has 0 saturated heterocycles. The first-order chi connectivity index (χ1) is 14.8. The molecule has 9 heteroatoms. The van der Waals surface area contributed by atoms with Gasteiger partial charge in [-0.05, 0) is 44.0 Å². The second-order valence-corrected chi connectivity index (χ2v) is 8.04. The Bertz CT molecular complexity index is 1030. The fourth-order valence-electron chi connectivity index (χ4n) is 3.15. The molecular weight excluding hydrogens is 427 g/mol. The number of halogens is 3. The standard InChI is InChI=1S/C22H22F3N3O2S/c1-2-28(14-19(29)26-16-9-4-3-8-15(16)22(23,24)25)21(30)13-7-12-20-27-17-10-5-6-11-18(17)31-20/h3-6,8-11H,2,7,12-14H2,1H3,(H,26,29). The molecule has 1 N–H and O–H groups in total. The van der Waals surface area contributed by atoms with Crippen LogP contribution in [0.5, 0.6) is 0 Å². The van der Waals surface area contributed by atoms with Crippen molar-refractivity contribution in [1.82, 2.24) is 9.88 Å². The number of aromatic nitrogens is 1. The molecule has 0 aliphatic heterocycles. The van der Waals surface area contributed by atoms with Crippen LogP contribution in [-0.2, 0) is 22.2 Å². The van der Waals surface area contributed by atoms with Crippen molar-refractivity contribution in [2.45, 2.75) is 32.4 Å². The van der Waals surface area contributed by atoms with Crippen molar-refractivity contribution in [1.29, 1.82) is 0 Å². The number of carbonyl (C=O) groups excluding carboxylic acids is 2. The number of benzene rings is 2. The van der Waals surface area contributed by atoms with Gasteiger partial charge in [-0.25, -0.2) is 4.98 Å². The fourth-order valence-corrected chi connectivity index (χ4v) is 4.16. The van der Waals surface area contributed by atoms with Gasteiger partial charge in [0, 0.05) is 13.0 Å². The summed E-state index contributed by atoms with van der Waals surface area (Å²) in [6.45, 7) is 1.71. The largest absolute Gasteiger partial charge is 0.418 e. The van der Waals surface area contributed by atoms with Gasteiger partial charge in [-0.15, -0.1) is 11.3 Å². The third-order valence-electron chi connectivity index (χ3n) is 4.69. The van der Waals surface area contributed by atoms with Crippen molar-refractivity contribution in [3.63, 3.8) is 0 Å². The first kappa shape index (κ1) is 22.7. The first-order valence-electron chi connectivity index (χ1n) is 9.86. The van der Waals surface area contributed by atoms with Gasteiger partial charge in [-0.1, -0.05) is 24.3 Å². The highest BCUT2D eigenvalue weighted by Gasteiger charge is 2.33. The van der Waals surface area contributed by atoms with Crippen molar-refractivity contribution < 1.29 is 22.8 Å². The Morgan fingerprint density at radius 2 is 1.81 bits per heavy atom. The van der Waals surface area contributed by atoms with E-state index in [4.69, 9.17) is 0 Å². The molecule has 0 fully saturated rings. The zero-order chi connectivity index (χ0) is 22.4. The predicted octanol–water partition coefficient (Wildman–Crippen LogP) is 5.13. The summed E-state index contributed by atoms with van der Waals surface area (Å²) in [6, 6.07) is 12.6. The zero-order valence-electron chi connectivity index (χ0n) is 16.9. The zero-order valence-corrected chi connectivity index (χ0v) is 17.7. The van der Waals surface area contributed by atoms with Gasteiger partial charge in [0.05, 0.1) is 33.0 Å². The van der Waals surface area contributed by atoms with Crippen LogP contribution in [0.2, 0.25) is 0 Å². The van der Waals surface area contributed by atoms with E-state index in [-0.39, 0.29) is 31.1 Å². The molecule has 0 atom stereocenters. The quantitative estimate of drug-likeness (QED) is 0.519. The van der Waals surface area contributed by atoms with Gasteiger partial charge in [0.25, 0.3) is 0 Å². The van der Waals surface area contributed by atoms with Crippen LogP contribution in [-0.4, -0.2) is 34.8 Å². The minimum atomic E-state index is -4.58. The highest BCUT2D eigenvalue weighted by molar-refractivity contribution is 7.18. The summed E-state index contributed by atoms with van der Waals surface area (Å²) in [5.74, 6) is -0.888. The van der Waals surface area contributed by atoms with E-state index >= 15 is 0 Å². The van der Waals surface area contributed by atoms with Crippen LogP contribution in [0.15, 0.2) is 48.5 Å². The number of nitrogens with one attached hydrogen (secondary N) is 1. The van der Waals surface area contributed by atoms with Crippen LogP contribution in [0, 0.1) is 0 Å². The fraction of sp³-hybridized carbons (Fsp3) is 0.318. The number of aryl methyl sites for hydroxylation is 1. The van der Waals surface area contributed by atoms with Crippen molar-refractivity contribution >= 4 is 39.1 Å². The summed E-state index contributed by atoms with van der Waals surface area (Å²) in [7, 11) is 0. The van der Waals surface area contributed by atoms with E-state index in [1.807, 2.05) is 24.3 Å². The molecule has 0 aliphatic carbocycles. The Hall–Kier alpha value is -2.94. The highest BCUT2D eigenvalue weighted by atomic mass is 32.1. The molecule has 1 heterocycles. The van der Waals surface area contributed by atoms with E-state index in [2.05, 4.69) is 10.3 Å². The maximum atomic E-state index is 13.1. The van der Waals surface area contributed by atoms with E-state index in [0.29, 0.717) is 12.8 Å². The maximum Gasteiger partial charge on any atom is 0.418 e. The molecule has 0 saturated carbocycles. The molecule has 1 aromatic heterocycles. The van der Waals surface area contributed by atoms with Crippen LogP contribution in [0.1, 0.15) is 30.3 Å². The molecular formula is C22H22F3N3O2S. The van der Waals surface area contributed by atoms with Crippen molar-refractivity contribution in [2.75, 3.05) is 18.4 Å². The number of hydrogen-bond acceptors (Lipinski definition) is 4. The Labute approximate surface area is 181 Å². The molecule has 0 unspecified atom stereocenters. The highest BCUT2D eigenvalue weighted by Crippen LogP contribution is 2.34. The number of likely N-dealkylation sites (N-methyl/N-ethyl adjacent to an activating group) is 1. The van der Waals surface area contributed by atoms with E-state index in [1.54, 1.807) is 18.3 Å². The number of rotatable bonds is 8. The molecule has 3 rings (SSSR count). The average molecular weight is 449 g/mol. The second kappa shape index (κ2) is 9.91. The SMILES string of the molecule is CCN(CC(=O)Nc1ccccc1C(F)(F)F)C(=O)CCCc1nc2ccccc2s1. The number of para-hydroxylation sites is 2. The molecule has 2 aromatic carbocycles. The number of amides is 2. The molecule has 0 radical (unpaired) electrons. The number of fused-ring (bicyclic) bond motifs is 1. The monoisotopic (exact) mass is 449 g/mol. The Balaban J connectivity index is 1.53. The van der Waals surface area contributed by atoms with Gasteiger partial charge >= 0.3 is 6.18 Å². The summed E-state index contributed by atoms with van der Waals surface area (Å²) < 4.78 is 40.3. The smallest absolute Gasteiger partial charge is 0.334 e. The van der Waals surface area contributed by atoms with Crippen molar-refractivity contribution in [3.8, 4) is 0 Å². The van der Waals surface area contributed by atoms with Crippen LogP contribution in [0.25, 0.3) is 10.2 Å². The lowest BCUT2D eigenvalue weighted by molar-refractivity contribution is -0.137. The summed E-state index contributed by atoms with van der Waals surface area (Å²) in [5, 5.41) is 3.22. The van der Waals surface area contributed by atoms with Gasteiger partial charge in [0.1, 0.15) is 0 Å². The van der Waals surface area contributed by atoms with Crippen LogP contribution in [0.4, 0.5) is 18.9 Å². The Kier molecular flexibility index (Phi) is 7.27. The third-order valence-corrected chi connectivity index (χ3v) is 5.79. The molecule has 5 nitrogen and oxygen atoms in total. The maximum absolute atomic E-state index is 13.1. The topological polar surface area (TPSA) is 62.3 Å². The second-order valence-electron chi connectivity index (χ2n) is 6.93. The van der Waals surface area contributed by atoms with Crippen LogP contribution < -0.4 is 5.32 Å². The van der Waals surface area contributed by atoms with Crippen LogP contribution in [0.3, 0.4) is 0 Å². The minimum absolute atomic E-state index is 0.220. The van der Waals surface area contributed by atoms with Gasteiger partial charge < -0.3 is 10.2 Å². The minimum Gasteiger partial charge on any atom is -0.334 e. The molecule has 0 bridgehead atoms. The number of alkyl halides is 3. The number of carbonyl (C=O) groups is 2. The number of hydrogen-bond donors (Lipinski definition) is 1. The number of anilines is 1. The average Bonchev–Trinajstić information content (AvgIpc) is 3.14. The van der Waals surface area contributed by atoms with E-state index in [1.165, 1.54) is 23.1 Å². The molecule has 2 amide bonds. The lowest BCUT2D eigenvalue weighted by Gasteiger charge is -2.21. The van der Waals surface area contributed by atoms with Gasteiger partial charge in [0.2, 0.25) is 11.8 Å². The third kappa shape index (κ3) is 6.04.